The number of halogens is 2. The number of amides is 2. The molecule has 11 heteroatoms. The lowest BCUT2D eigenvalue weighted by molar-refractivity contribution is 0.0974. The summed E-state index contributed by atoms with van der Waals surface area (Å²) in [5, 5.41) is 25.7. The van der Waals surface area contributed by atoms with Crippen LogP contribution in [0.25, 0.3) is 16.7 Å². The molecule has 1 fully saturated rings. The van der Waals surface area contributed by atoms with E-state index in [4.69, 9.17) is 0 Å². The van der Waals surface area contributed by atoms with Gasteiger partial charge >= 0.3 is 13.1 Å². The van der Waals surface area contributed by atoms with Gasteiger partial charge in [-0.05, 0) is 24.3 Å². The van der Waals surface area contributed by atoms with Crippen LogP contribution in [0.4, 0.5) is 19.3 Å². The van der Waals surface area contributed by atoms with E-state index in [0.29, 0.717) is 16.7 Å². The average Bonchev–Trinajstić information content (AvgIpc) is 3.03. The summed E-state index contributed by atoms with van der Waals surface area (Å²) in [6, 6.07) is 4.99. The maximum absolute atomic E-state index is 14.3. The van der Waals surface area contributed by atoms with Crippen LogP contribution in [0.15, 0.2) is 36.7 Å². The van der Waals surface area contributed by atoms with E-state index < -0.39 is 25.1 Å². The molecular formula is C16H14BF2N5O3. The average molecular weight is 373 g/mol. The summed E-state index contributed by atoms with van der Waals surface area (Å²) in [6.45, 7) is 0.0737. The van der Waals surface area contributed by atoms with E-state index in [-0.39, 0.29) is 24.2 Å². The fraction of sp³-hybridized carbons (Fsp3) is 0.188. The van der Waals surface area contributed by atoms with Crippen molar-refractivity contribution in [3.63, 3.8) is 0 Å². The molecule has 0 atom stereocenters. The molecule has 0 unspecified atom stereocenters. The van der Waals surface area contributed by atoms with Gasteiger partial charge in [-0.1, -0.05) is 0 Å². The van der Waals surface area contributed by atoms with E-state index in [1.165, 1.54) is 46.2 Å². The number of anilines is 1. The predicted molar refractivity (Wildman–Crippen MR) is 94.1 cm³/mol. The topological polar surface area (TPSA) is 104 Å². The Morgan fingerprint density at radius 3 is 2.78 bits per heavy atom. The third-order valence-electron chi connectivity index (χ3n) is 4.25. The highest BCUT2D eigenvalue weighted by molar-refractivity contribution is 6.58. The number of hydrogen-bond acceptors (Lipinski definition) is 5. The van der Waals surface area contributed by atoms with Gasteiger partial charge in [0.1, 0.15) is 17.7 Å². The lowest BCUT2D eigenvalue weighted by atomic mass is 9.81. The molecule has 3 aromatic rings. The van der Waals surface area contributed by atoms with Gasteiger partial charge in [-0.15, -0.1) is 5.10 Å². The Morgan fingerprint density at radius 1 is 1.30 bits per heavy atom. The molecule has 3 N–H and O–H groups in total. The van der Waals surface area contributed by atoms with Crippen molar-refractivity contribution >= 4 is 35.3 Å². The molecule has 8 nitrogen and oxygen atoms in total. The Morgan fingerprint density at radius 2 is 2.07 bits per heavy atom. The number of likely N-dealkylation sites (tertiary alicyclic amines) is 1. The highest BCUT2D eigenvalue weighted by Crippen LogP contribution is 2.21. The number of pyridine rings is 1. The number of carbonyl (C=O) groups is 1. The van der Waals surface area contributed by atoms with Crippen molar-refractivity contribution in [3.8, 4) is 5.69 Å². The molecule has 3 heterocycles. The molecule has 4 rings (SSSR count). The molecule has 2 amide bonds. The first-order chi connectivity index (χ1) is 12.9. The maximum atomic E-state index is 14.3. The molecular weight excluding hydrogens is 359 g/mol. The Hall–Kier alpha value is -3.05. The summed E-state index contributed by atoms with van der Waals surface area (Å²) in [5.74, 6) is -0.573. The molecule has 0 radical (unpaired) electrons. The minimum absolute atomic E-state index is 0.0368. The molecule has 1 aromatic carbocycles. The molecule has 1 aliphatic rings. The summed E-state index contributed by atoms with van der Waals surface area (Å²) in [5.41, 5.74) is 0.883. The second-order valence-electron chi connectivity index (χ2n) is 6.23. The molecule has 0 bridgehead atoms. The first-order valence-corrected chi connectivity index (χ1v) is 8.12. The first-order valence-electron chi connectivity index (χ1n) is 8.12. The van der Waals surface area contributed by atoms with E-state index in [1.807, 2.05) is 0 Å². The van der Waals surface area contributed by atoms with Crippen LogP contribution in [0.2, 0.25) is 0 Å². The smallest absolute Gasteiger partial charge is 0.423 e. The highest BCUT2D eigenvalue weighted by Gasteiger charge is 2.30. The van der Waals surface area contributed by atoms with Gasteiger partial charge < -0.3 is 20.3 Å². The molecule has 1 saturated heterocycles. The number of carbonyl (C=O) groups excluding carboxylic acids is 1. The number of hydrogen-bond donors (Lipinski definition) is 3. The van der Waals surface area contributed by atoms with E-state index in [0.717, 1.165) is 0 Å². The summed E-state index contributed by atoms with van der Waals surface area (Å²) >= 11 is 0. The Bertz CT molecular complexity index is 1020. The third-order valence-corrected chi connectivity index (χ3v) is 4.25. The van der Waals surface area contributed by atoms with Gasteiger partial charge in [-0.2, -0.15) is 0 Å². The van der Waals surface area contributed by atoms with Crippen molar-refractivity contribution in [2.45, 2.75) is 6.17 Å². The van der Waals surface area contributed by atoms with Gasteiger partial charge in [0.25, 0.3) is 0 Å². The second kappa shape index (κ2) is 6.60. The normalized spacial score (nSPS) is 14.3. The zero-order valence-corrected chi connectivity index (χ0v) is 13.9. The fourth-order valence-corrected chi connectivity index (χ4v) is 2.76. The summed E-state index contributed by atoms with van der Waals surface area (Å²) in [4.78, 5) is 17.3. The van der Waals surface area contributed by atoms with Gasteiger partial charge in [-0.25, -0.2) is 23.2 Å². The minimum atomic E-state index is -1.68. The number of rotatable bonds is 3. The lowest BCUT2D eigenvalue weighted by Crippen LogP contribution is -2.53. The molecule has 0 saturated carbocycles. The zero-order valence-electron chi connectivity index (χ0n) is 13.9. The number of urea groups is 1. The first kappa shape index (κ1) is 17.4. The number of benzene rings is 1. The van der Waals surface area contributed by atoms with Gasteiger partial charge in [0.15, 0.2) is 5.65 Å². The molecule has 0 aliphatic carbocycles. The second-order valence-corrected chi connectivity index (χ2v) is 6.23. The van der Waals surface area contributed by atoms with Gasteiger partial charge in [0.05, 0.1) is 13.1 Å². The van der Waals surface area contributed by atoms with Crippen molar-refractivity contribution in [1.82, 2.24) is 19.7 Å². The summed E-state index contributed by atoms with van der Waals surface area (Å²) in [7, 11) is -1.68. The Labute approximate surface area is 152 Å². The quantitative estimate of drug-likeness (QED) is 0.578. The van der Waals surface area contributed by atoms with E-state index in [1.54, 1.807) is 0 Å². The number of alkyl halides is 1. The van der Waals surface area contributed by atoms with Crippen molar-refractivity contribution in [2.24, 2.45) is 0 Å². The van der Waals surface area contributed by atoms with E-state index in [2.05, 4.69) is 15.4 Å². The van der Waals surface area contributed by atoms with Crippen LogP contribution in [-0.2, 0) is 0 Å². The van der Waals surface area contributed by atoms with Crippen LogP contribution in [0.3, 0.4) is 0 Å². The monoisotopic (exact) mass is 373 g/mol. The number of nitrogens with zero attached hydrogens (tertiary/aromatic N) is 4. The van der Waals surface area contributed by atoms with Crippen LogP contribution in [0.1, 0.15) is 0 Å². The highest BCUT2D eigenvalue weighted by atomic mass is 19.1. The van der Waals surface area contributed by atoms with Gasteiger partial charge in [0.2, 0.25) is 0 Å². The Kier molecular flexibility index (Phi) is 4.24. The van der Waals surface area contributed by atoms with Gasteiger partial charge in [0, 0.05) is 28.9 Å². The van der Waals surface area contributed by atoms with Crippen molar-refractivity contribution < 1.29 is 23.6 Å². The molecule has 0 spiro atoms. The Balaban J connectivity index is 1.63. The van der Waals surface area contributed by atoms with Gasteiger partial charge in [-0.3, -0.25) is 0 Å². The van der Waals surface area contributed by atoms with Crippen molar-refractivity contribution in [2.75, 3.05) is 18.4 Å². The van der Waals surface area contributed by atoms with Crippen LogP contribution in [-0.4, -0.2) is 62.1 Å². The van der Waals surface area contributed by atoms with Crippen LogP contribution in [0, 0.1) is 5.82 Å². The standard InChI is InChI=1S/C16H14BF2N5O3/c18-11-7-23(8-11)16(25)21-12-1-2-13(19)14(4-12)24-6-9-3-10(17(26)27)5-20-15(9)22-24/h1-6,11,26-27H,7-8H2,(H,21,25). The third kappa shape index (κ3) is 3.34. The molecule has 138 valence electrons. The van der Waals surface area contributed by atoms with E-state index >= 15 is 0 Å². The lowest BCUT2D eigenvalue weighted by Gasteiger charge is -2.34. The number of nitrogens with one attached hydrogen (secondary N) is 1. The number of aromatic nitrogens is 3. The molecule has 1 aliphatic heterocycles. The fourth-order valence-electron chi connectivity index (χ4n) is 2.76. The van der Waals surface area contributed by atoms with Crippen LogP contribution < -0.4 is 10.8 Å². The summed E-state index contributed by atoms with van der Waals surface area (Å²) < 4.78 is 28.4. The van der Waals surface area contributed by atoms with Crippen LogP contribution in [0.5, 0.6) is 0 Å². The van der Waals surface area contributed by atoms with Crippen LogP contribution >= 0.6 is 0 Å². The minimum Gasteiger partial charge on any atom is -0.423 e. The van der Waals surface area contributed by atoms with Crippen molar-refractivity contribution in [3.05, 3.63) is 42.5 Å². The maximum Gasteiger partial charge on any atom is 0.490 e. The molecule has 2 aromatic heterocycles. The number of fused-ring (bicyclic) bond motifs is 1. The van der Waals surface area contributed by atoms with Crippen molar-refractivity contribution in [1.29, 1.82) is 0 Å². The predicted octanol–water partition coefficient (Wildman–Crippen LogP) is 0.425. The van der Waals surface area contributed by atoms with E-state index in [9.17, 15) is 23.6 Å². The zero-order chi connectivity index (χ0) is 19.1. The SMILES string of the molecule is O=C(Nc1ccc(F)c(-n2cc3cc(B(O)O)cnc3n2)c1)N1CC(F)C1. The summed E-state index contributed by atoms with van der Waals surface area (Å²) in [6.07, 6.45) is 1.75. The molecule has 27 heavy (non-hydrogen) atoms. The largest absolute Gasteiger partial charge is 0.490 e.